The molecule has 0 fully saturated rings. The first-order valence-corrected chi connectivity index (χ1v) is 5.87. The molecule has 1 aromatic carbocycles. The van der Waals surface area contributed by atoms with E-state index in [0.717, 1.165) is 0 Å². The van der Waals surface area contributed by atoms with Crippen LogP contribution in [0.4, 0.5) is 0 Å². The monoisotopic (exact) mass is 254 g/mol. The van der Waals surface area contributed by atoms with Gasteiger partial charge in [0.25, 0.3) is 10.1 Å². The summed E-state index contributed by atoms with van der Waals surface area (Å²) in [6.45, 7) is 4.03. The van der Waals surface area contributed by atoms with E-state index in [1.165, 1.54) is 12.1 Å². The Morgan fingerprint density at radius 1 is 1.27 bits per heavy atom. The van der Waals surface area contributed by atoms with E-state index in [0.29, 0.717) is 0 Å². The van der Waals surface area contributed by atoms with Gasteiger partial charge in [-0.3, -0.25) is 4.18 Å². The zero-order valence-electron chi connectivity index (χ0n) is 10.3. The predicted octanol–water partition coefficient (Wildman–Crippen LogP) is -0.836. The molecule has 0 atom stereocenters. The van der Waals surface area contributed by atoms with E-state index < -0.39 is 10.1 Å². The standard InChI is InChI=1S/C10H14O3S.K.H/c1-9(2)8-13-14(11,12)10-6-4-3-5-7-10;;/h3-7,9H,8H2,1-2H3;;/q;+1;-1. The quantitative estimate of drug-likeness (QED) is 0.520. The largest absolute Gasteiger partial charge is 1.00 e. The third-order valence-electron chi connectivity index (χ3n) is 1.59. The second-order valence-corrected chi connectivity index (χ2v) is 5.06. The van der Waals surface area contributed by atoms with E-state index >= 15 is 0 Å². The van der Waals surface area contributed by atoms with Gasteiger partial charge in [-0.2, -0.15) is 8.42 Å². The molecule has 1 aromatic rings. The molecule has 0 spiro atoms. The molecule has 0 saturated carbocycles. The van der Waals surface area contributed by atoms with Crippen LogP contribution in [0.15, 0.2) is 35.2 Å². The first-order valence-electron chi connectivity index (χ1n) is 4.47. The summed E-state index contributed by atoms with van der Waals surface area (Å²) in [4.78, 5) is 0.209. The molecule has 0 aliphatic rings. The molecule has 0 unspecified atom stereocenters. The maximum absolute atomic E-state index is 11.5. The van der Waals surface area contributed by atoms with Gasteiger partial charge < -0.3 is 1.43 Å². The Morgan fingerprint density at radius 3 is 2.27 bits per heavy atom. The summed E-state index contributed by atoms with van der Waals surface area (Å²) in [7, 11) is -3.56. The van der Waals surface area contributed by atoms with E-state index in [2.05, 4.69) is 0 Å². The molecule has 80 valence electrons. The Balaban J connectivity index is 0. The van der Waals surface area contributed by atoms with Crippen molar-refractivity contribution in [3.05, 3.63) is 30.3 Å². The van der Waals surface area contributed by atoms with E-state index in [-0.39, 0.29) is 70.2 Å². The molecular weight excluding hydrogens is 239 g/mol. The van der Waals surface area contributed by atoms with Crippen molar-refractivity contribution >= 4 is 10.1 Å². The van der Waals surface area contributed by atoms with Crippen LogP contribution in [0.1, 0.15) is 15.3 Å². The molecule has 1 rings (SSSR count). The zero-order valence-corrected chi connectivity index (χ0v) is 13.2. The fourth-order valence-corrected chi connectivity index (χ4v) is 1.96. The van der Waals surface area contributed by atoms with E-state index in [9.17, 15) is 8.42 Å². The van der Waals surface area contributed by atoms with Gasteiger partial charge in [0.05, 0.1) is 11.5 Å². The molecule has 0 aromatic heterocycles. The third kappa shape index (κ3) is 5.58. The van der Waals surface area contributed by atoms with Gasteiger partial charge in [0, 0.05) is 0 Å². The van der Waals surface area contributed by atoms with Crippen LogP contribution in [-0.2, 0) is 14.3 Å². The van der Waals surface area contributed by atoms with Gasteiger partial charge in [-0.15, -0.1) is 0 Å². The summed E-state index contributed by atoms with van der Waals surface area (Å²) >= 11 is 0. The summed E-state index contributed by atoms with van der Waals surface area (Å²) in [6.07, 6.45) is 0. The third-order valence-corrected chi connectivity index (χ3v) is 2.88. The van der Waals surface area contributed by atoms with Crippen molar-refractivity contribution in [1.82, 2.24) is 0 Å². The number of hydrogen-bond donors (Lipinski definition) is 0. The summed E-state index contributed by atoms with van der Waals surface area (Å²) < 4.78 is 27.9. The van der Waals surface area contributed by atoms with Crippen LogP contribution in [0.25, 0.3) is 0 Å². The molecule has 0 radical (unpaired) electrons. The average Bonchev–Trinajstić information content (AvgIpc) is 2.16. The minimum atomic E-state index is -3.56. The normalized spacial score (nSPS) is 11.1. The zero-order chi connectivity index (χ0) is 10.6. The van der Waals surface area contributed by atoms with E-state index in [4.69, 9.17) is 4.18 Å². The van der Waals surface area contributed by atoms with Gasteiger partial charge >= 0.3 is 51.4 Å². The first-order chi connectivity index (χ1) is 6.52. The summed E-state index contributed by atoms with van der Waals surface area (Å²) in [5.74, 6) is 0.202. The smallest absolute Gasteiger partial charge is 1.00 e. The van der Waals surface area contributed by atoms with E-state index in [1.54, 1.807) is 18.2 Å². The van der Waals surface area contributed by atoms with Gasteiger partial charge in [0.2, 0.25) is 0 Å². The molecule has 0 N–H and O–H groups in total. The van der Waals surface area contributed by atoms with Crippen LogP contribution in [0.3, 0.4) is 0 Å². The number of hydrogen-bond acceptors (Lipinski definition) is 3. The summed E-state index contributed by atoms with van der Waals surface area (Å²) in [5.41, 5.74) is 0. The topological polar surface area (TPSA) is 43.4 Å². The molecule has 15 heavy (non-hydrogen) atoms. The van der Waals surface area contributed by atoms with Crippen molar-refractivity contribution in [2.75, 3.05) is 6.61 Å². The fraction of sp³-hybridized carbons (Fsp3) is 0.400. The SMILES string of the molecule is CC(C)COS(=O)(=O)c1ccccc1.[H-].[K+]. The maximum atomic E-state index is 11.5. The van der Waals surface area contributed by atoms with Crippen molar-refractivity contribution in [1.29, 1.82) is 0 Å². The molecule has 0 aliphatic carbocycles. The van der Waals surface area contributed by atoms with Crippen molar-refractivity contribution in [2.45, 2.75) is 18.7 Å². The molecule has 0 heterocycles. The summed E-state index contributed by atoms with van der Waals surface area (Å²) in [6, 6.07) is 8.16. The Hall–Kier alpha value is 0.766. The minimum Gasteiger partial charge on any atom is -1.00 e. The van der Waals surface area contributed by atoms with Crippen LogP contribution in [0, 0.1) is 5.92 Å². The molecule has 5 heteroatoms. The predicted molar refractivity (Wildman–Crippen MR) is 55.5 cm³/mol. The number of rotatable bonds is 4. The summed E-state index contributed by atoms with van der Waals surface area (Å²) in [5, 5.41) is 0. The molecule has 0 saturated heterocycles. The van der Waals surface area contributed by atoms with Gasteiger partial charge in [-0.25, -0.2) is 0 Å². The second kappa shape index (κ2) is 7.16. The van der Waals surface area contributed by atoms with E-state index in [1.807, 2.05) is 13.8 Å². The van der Waals surface area contributed by atoms with Gasteiger partial charge in [-0.1, -0.05) is 32.0 Å². The molecule has 0 aliphatic heterocycles. The van der Waals surface area contributed by atoms with Crippen molar-refractivity contribution in [3.63, 3.8) is 0 Å². The van der Waals surface area contributed by atoms with Gasteiger partial charge in [-0.05, 0) is 18.1 Å². The van der Waals surface area contributed by atoms with Crippen molar-refractivity contribution in [2.24, 2.45) is 5.92 Å². The Kier molecular flexibility index (Phi) is 7.53. The van der Waals surface area contributed by atoms with Crippen LogP contribution in [0.2, 0.25) is 0 Å². The minimum absolute atomic E-state index is 0. The van der Waals surface area contributed by atoms with Crippen molar-refractivity contribution < 1.29 is 65.4 Å². The Morgan fingerprint density at radius 2 is 1.80 bits per heavy atom. The van der Waals surface area contributed by atoms with Gasteiger partial charge in [0.1, 0.15) is 0 Å². The maximum Gasteiger partial charge on any atom is 1.00 e. The average molecular weight is 254 g/mol. The Labute approximate surface area is 135 Å². The molecule has 0 bridgehead atoms. The van der Waals surface area contributed by atoms with Gasteiger partial charge in [0.15, 0.2) is 0 Å². The van der Waals surface area contributed by atoms with Crippen LogP contribution < -0.4 is 51.4 Å². The van der Waals surface area contributed by atoms with Crippen LogP contribution in [0.5, 0.6) is 0 Å². The first kappa shape index (κ1) is 15.8. The fourth-order valence-electron chi connectivity index (χ4n) is 0.881. The van der Waals surface area contributed by atoms with Crippen molar-refractivity contribution in [3.8, 4) is 0 Å². The van der Waals surface area contributed by atoms with Crippen LogP contribution in [-0.4, -0.2) is 15.0 Å². The molecule has 0 amide bonds. The number of benzene rings is 1. The second-order valence-electron chi connectivity index (χ2n) is 3.45. The molecular formula is C10H15KO3S. The van der Waals surface area contributed by atoms with Crippen LogP contribution >= 0.6 is 0 Å². The molecule has 3 nitrogen and oxygen atoms in total. The Bertz CT molecular complexity index is 378.